The van der Waals surface area contributed by atoms with Crippen molar-refractivity contribution in [3.05, 3.63) is 35.4 Å². The van der Waals surface area contributed by atoms with Gasteiger partial charge in [-0.05, 0) is 64.8 Å². The van der Waals surface area contributed by atoms with Crippen molar-refractivity contribution in [2.45, 2.75) is 45.7 Å². The highest BCUT2D eigenvalue weighted by Gasteiger charge is 2.23. The zero-order valence-corrected chi connectivity index (χ0v) is 13.3. The average molecular weight is 296 g/mol. The molecule has 4 heteroatoms. The van der Waals surface area contributed by atoms with Crippen LogP contribution in [0.4, 0.5) is 8.78 Å². The van der Waals surface area contributed by atoms with Crippen molar-refractivity contribution in [1.82, 2.24) is 10.2 Å². The summed E-state index contributed by atoms with van der Waals surface area (Å²) in [6.07, 6.45) is 2.27. The maximum atomic E-state index is 13.7. The van der Waals surface area contributed by atoms with Crippen LogP contribution in [0.5, 0.6) is 0 Å². The predicted octanol–water partition coefficient (Wildman–Crippen LogP) is 3.56. The normalized spacial score (nSPS) is 20.7. The third-order valence-corrected chi connectivity index (χ3v) is 3.97. The molecule has 0 saturated carbocycles. The standard InChI is InChI=1S/C17H26F2N2/c1-17(2,3)20-10-13-6-5-9-21(11-13)12-14-15(18)7-4-8-16(14)19/h4,7-8,13,20H,5-6,9-12H2,1-3H3. The topological polar surface area (TPSA) is 15.3 Å². The van der Waals surface area contributed by atoms with Gasteiger partial charge in [0.15, 0.2) is 0 Å². The Hall–Kier alpha value is -1.00. The molecule has 1 aliphatic rings. The molecule has 1 saturated heterocycles. The lowest BCUT2D eigenvalue weighted by Gasteiger charge is -2.34. The van der Waals surface area contributed by atoms with Crippen molar-refractivity contribution in [3.8, 4) is 0 Å². The third kappa shape index (κ3) is 5.04. The number of hydrogen-bond donors (Lipinski definition) is 1. The summed E-state index contributed by atoms with van der Waals surface area (Å²) in [6, 6.07) is 4.09. The lowest BCUT2D eigenvalue weighted by atomic mass is 9.96. The van der Waals surface area contributed by atoms with Gasteiger partial charge in [0.05, 0.1) is 0 Å². The van der Waals surface area contributed by atoms with Gasteiger partial charge in [-0.2, -0.15) is 0 Å². The second-order valence-corrected chi connectivity index (χ2v) is 7.07. The Labute approximate surface area is 126 Å². The Morgan fingerprint density at radius 2 is 1.90 bits per heavy atom. The zero-order chi connectivity index (χ0) is 15.5. The molecule has 1 fully saturated rings. The molecule has 2 rings (SSSR count). The molecule has 0 bridgehead atoms. The van der Waals surface area contributed by atoms with E-state index in [1.54, 1.807) is 0 Å². The highest BCUT2D eigenvalue weighted by Crippen LogP contribution is 2.21. The summed E-state index contributed by atoms with van der Waals surface area (Å²) >= 11 is 0. The van der Waals surface area contributed by atoms with Crippen molar-refractivity contribution in [1.29, 1.82) is 0 Å². The maximum Gasteiger partial charge on any atom is 0.130 e. The Morgan fingerprint density at radius 3 is 2.52 bits per heavy atom. The van der Waals surface area contributed by atoms with E-state index in [1.165, 1.54) is 24.6 Å². The van der Waals surface area contributed by atoms with Crippen molar-refractivity contribution in [3.63, 3.8) is 0 Å². The quantitative estimate of drug-likeness (QED) is 0.914. The Kier molecular flexibility index (Phi) is 5.33. The van der Waals surface area contributed by atoms with Crippen LogP contribution in [0.3, 0.4) is 0 Å². The summed E-state index contributed by atoms with van der Waals surface area (Å²) < 4.78 is 27.5. The smallest absolute Gasteiger partial charge is 0.130 e. The van der Waals surface area contributed by atoms with Crippen LogP contribution in [0, 0.1) is 17.6 Å². The highest BCUT2D eigenvalue weighted by molar-refractivity contribution is 5.19. The van der Waals surface area contributed by atoms with Crippen LogP contribution < -0.4 is 5.32 Å². The van der Waals surface area contributed by atoms with E-state index in [4.69, 9.17) is 0 Å². The van der Waals surface area contributed by atoms with Crippen LogP contribution >= 0.6 is 0 Å². The molecule has 1 N–H and O–H groups in total. The van der Waals surface area contributed by atoms with Gasteiger partial charge in [0.25, 0.3) is 0 Å². The van der Waals surface area contributed by atoms with E-state index in [1.807, 2.05) is 0 Å². The van der Waals surface area contributed by atoms with E-state index in [9.17, 15) is 8.78 Å². The minimum absolute atomic E-state index is 0.111. The lowest BCUT2D eigenvalue weighted by molar-refractivity contribution is 0.156. The molecule has 1 aliphatic heterocycles. The van der Waals surface area contributed by atoms with Crippen LogP contribution in [0.15, 0.2) is 18.2 Å². The average Bonchev–Trinajstić information content (AvgIpc) is 2.41. The van der Waals surface area contributed by atoms with E-state index in [0.717, 1.165) is 26.1 Å². The van der Waals surface area contributed by atoms with Gasteiger partial charge in [0.1, 0.15) is 11.6 Å². The summed E-state index contributed by atoms with van der Waals surface area (Å²) in [5.41, 5.74) is 0.307. The number of likely N-dealkylation sites (tertiary alicyclic amines) is 1. The van der Waals surface area contributed by atoms with E-state index >= 15 is 0 Å². The number of halogens is 2. The van der Waals surface area contributed by atoms with Gasteiger partial charge < -0.3 is 5.32 Å². The molecule has 118 valence electrons. The minimum atomic E-state index is -0.440. The zero-order valence-electron chi connectivity index (χ0n) is 13.3. The number of piperidine rings is 1. The Morgan fingerprint density at radius 1 is 1.24 bits per heavy atom. The molecule has 1 heterocycles. The van der Waals surface area contributed by atoms with Crippen molar-refractivity contribution in [2.24, 2.45) is 5.92 Å². The Bertz CT molecular complexity index is 448. The molecule has 1 aromatic carbocycles. The number of nitrogens with zero attached hydrogens (tertiary/aromatic N) is 1. The van der Waals surface area contributed by atoms with Crippen molar-refractivity contribution in [2.75, 3.05) is 19.6 Å². The molecular weight excluding hydrogens is 270 g/mol. The summed E-state index contributed by atoms with van der Waals surface area (Å²) in [5, 5.41) is 3.52. The SMILES string of the molecule is CC(C)(C)NCC1CCCN(Cc2c(F)cccc2F)C1. The number of rotatable bonds is 4. The lowest BCUT2D eigenvalue weighted by Crippen LogP contribution is -2.44. The van der Waals surface area contributed by atoms with Gasteiger partial charge in [-0.25, -0.2) is 8.78 Å². The first-order valence-electron chi connectivity index (χ1n) is 7.75. The molecular formula is C17H26F2N2. The van der Waals surface area contributed by atoms with Crippen LogP contribution in [-0.2, 0) is 6.54 Å². The first-order valence-corrected chi connectivity index (χ1v) is 7.75. The number of benzene rings is 1. The fourth-order valence-corrected chi connectivity index (χ4v) is 2.82. The summed E-state index contributed by atoms with van der Waals surface area (Å²) in [7, 11) is 0. The largest absolute Gasteiger partial charge is 0.312 e. The van der Waals surface area contributed by atoms with Gasteiger partial charge in [-0.15, -0.1) is 0 Å². The first-order chi connectivity index (χ1) is 9.85. The highest BCUT2D eigenvalue weighted by atomic mass is 19.1. The van der Waals surface area contributed by atoms with Crippen LogP contribution in [0.1, 0.15) is 39.2 Å². The fraction of sp³-hybridized carbons (Fsp3) is 0.647. The molecule has 2 nitrogen and oxygen atoms in total. The summed E-state index contributed by atoms with van der Waals surface area (Å²) in [4.78, 5) is 2.17. The predicted molar refractivity (Wildman–Crippen MR) is 82.1 cm³/mol. The molecule has 0 aliphatic carbocycles. The molecule has 21 heavy (non-hydrogen) atoms. The second kappa shape index (κ2) is 6.84. The molecule has 0 radical (unpaired) electrons. The maximum absolute atomic E-state index is 13.7. The molecule has 0 amide bonds. The summed E-state index contributed by atoms with van der Waals surface area (Å²) in [6.45, 7) is 9.61. The van der Waals surface area contributed by atoms with Crippen LogP contribution in [-0.4, -0.2) is 30.1 Å². The van der Waals surface area contributed by atoms with E-state index in [2.05, 4.69) is 31.0 Å². The third-order valence-electron chi connectivity index (χ3n) is 3.97. The van der Waals surface area contributed by atoms with E-state index in [-0.39, 0.29) is 11.1 Å². The van der Waals surface area contributed by atoms with Gasteiger partial charge in [-0.1, -0.05) is 6.07 Å². The van der Waals surface area contributed by atoms with Crippen LogP contribution in [0.25, 0.3) is 0 Å². The van der Waals surface area contributed by atoms with Gasteiger partial charge in [-0.3, -0.25) is 4.90 Å². The fourth-order valence-electron chi connectivity index (χ4n) is 2.82. The molecule has 1 aromatic rings. The van der Waals surface area contributed by atoms with Gasteiger partial charge in [0.2, 0.25) is 0 Å². The Balaban J connectivity index is 1.92. The van der Waals surface area contributed by atoms with Gasteiger partial charge in [0, 0.05) is 24.2 Å². The summed E-state index contributed by atoms with van der Waals surface area (Å²) in [5.74, 6) is -0.331. The molecule has 0 spiro atoms. The molecule has 1 unspecified atom stereocenters. The first kappa shape index (κ1) is 16.4. The van der Waals surface area contributed by atoms with E-state index in [0.29, 0.717) is 12.5 Å². The van der Waals surface area contributed by atoms with Crippen molar-refractivity contribution < 1.29 is 8.78 Å². The molecule has 1 atom stereocenters. The van der Waals surface area contributed by atoms with Gasteiger partial charge >= 0.3 is 0 Å². The van der Waals surface area contributed by atoms with Crippen molar-refractivity contribution >= 4 is 0 Å². The number of hydrogen-bond acceptors (Lipinski definition) is 2. The van der Waals surface area contributed by atoms with E-state index < -0.39 is 11.6 Å². The second-order valence-electron chi connectivity index (χ2n) is 7.07. The minimum Gasteiger partial charge on any atom is -0.312 e. The monoisotopic (exact) mass is 296 g/mol. The van der Waals surface area contributed by atoms with Crippen LogP contribution in [0.2, 0.25) is 0 Å². The molecule has 0 aromatic heterocycles. The number of nitrogens with one attached hydrogen (secondary N) is 1.